The first-order valence-electron chi connectivity index (χ1n) is 5.11. The molecule has 0 aliphatic rings. The second-order valence-electron chi connectivity index (χ2n) is 4.89. The largest absolute Gasteiger partial charge is 0.434 e. The molecule has 0 aliphatic heterocycles. The van der Waals surface area contributed by atoms with E-state index in [9.17, 15) is 13.2 Å². The Morgan fingerprint density at radius 2 is 1.65 bits per heavy atom. The van der Waals surface area contributed by atoms with Crippen molar-refractivity contribution in [3.05, 3.63) is 29.8 Å². The predicted octanol–water partition coefficient (Wildman–Crippen LogP) is 3.05. The summed E-state index contributed by atoms with van der Waals surface area (Å²) in [6.45, 7) is 5.83. The highest BCUT2D eigenvalue weighted by molar-refractivity contribution is 5.34. The van der Waals surface area contributed by atoms with Gasteiger partial charge < -0.3 is 0 Å². The number of imidazole rings is 1. The summed E-state index contributed by atoms with van der Waals surface area (Å²) in [5, 5.41) is 0. The zero-order valence-corrected chi connectivity index (χ0v) is 9.71. The van der Waals surface area contributed by atoms with E-state index in [4.69, 9.17) is 0 Å². The number of fused-ring (bicyclic) bond motifs is 1. The maximum absolute atomic E-state index is 12.5. The summed E-state index contributed by atoms with van der Waals surface area (Å²) in [5.74, 6) is 0.0738. The molecular formula is C11H12F3N3. The Hall–Kier alpha value is -1.59. The third-order valence-electron chi connectivity index (χ3n) is 2.39. The molecule has 0 spiro atoms. The molecule has 0 aliphatic carbocycles. The summed E-state index contributed by atoms with van der Waals surface area (Å²) in [6.07, 6.45) is -1.95. The Kier molecular flexibility index (Phi) is 2.41. The lowest BCUT2D eigenvalue weighted by molar-refractivity contribution is -0.140. The van der Waals surface area contributed by atoms with Crippen LogP contribution < -0.4 is 0 Å². The minimum atomic E-state index is -4.43. The standard InChI is InChI=1S/C11H12F3N3/c1-10(2,3)7-4-5-17-6-8(11(12,13)14)16-9(17)15-7/h4-6H,1-3H3. The molecule has 0 radical (unpaired) electrons. The van der Waals surface area contributed by atoms with E-state index >= 15 is 0 Å². The lowest BCUT2D eigenvalue weighted by Gasteiger charge is -2.16. The fourth-order valence-electron chi connectivity index (χ4n) is 1.43. The van der Waals surface area contributed by atoms with Crippen molar-refractivity contribution in [2.75, 3.05) is 0 Å². The Morgan fingerprint density at radius 3 is 2.18 bits per heavy atom. The Bertz CT molecular complexity index is 537. The molecule has 3 nitrogen and oxygen atoms in total. The second-order valence-corrected chi connectivity index (χ2v) is 4.89. The van der Waals surface area contributed by atoms with E-state index in [1.54, 1.807) is 12.3 Å². The number of rotatable bonds is 0. The van der Waals surface area contributed by atoms with Crippen LogP contribution in [-0.2, 0) is 11.6 Å². The highest BCUT2D eigenvalue weighted by Gasteiger charge is 2.34. The molecule has 92 valence electrons. The summed E-state index contributed by atoms with van der Waals surface area (Å²) >= 11 is 0. The molecule has 2 heterocycles. The molecule has 17 heavy (non-hydrogen) atoms. The number of halogens is 3. The highest BCUT2D eigenvalue weighted by atomic mass is 19.4. The maximum Gasteiger partial charge on any atom is 0.434 e. The number of aromatic nitrogens is 3. The normalized spacial score (nSPS) is 13.3. The van der Waals surface area contributed by atoms with Crippen LogP contribution in [0.2, 0.25) is 0 Å². The fraction of sp³-hybridized carbons (Fsp3) is 0.455. The molecule has 0 aromatic carbocycles. The summed E-state index contributed by atoms with van der Waals surface area (Å²) in [7, 11) is 0. The number of hydrogen-bond donors (Lipinski definition) is 0. The molecule has 0 amide bonds. The smallest absolute Gasteiger partial charge is 0.291 e. The van der Waals surface area contributed by atoms with Gasteiger partial charge in [0.05, 0.1) is 5.69 Å². The molecule has 0 atom stereocenters. The Balaban J connectivity index is 2.56. The van der Waals surface area contributed by atoms with Gasteiger partial charge in [-0.25, -0.2) is 9.97 Å². The van der Waals surface area contributed by atoms with Crippen molar-refractivity contribution in [2.45, 2.75) is 32.4 Å². The van der Waals surface area contributed by atoms with Crippen molar-refractivity contribution >= 4 is 5.78 Å². The molecule has 0 fully saturated rings. The Labute approximate surface area is 96.3 Å². The van der Waals surface area contributed by atoms with E-state index in [0.717, 1.165) is 6.20 Å². The van der Waals surface area contributed by atoms with Crippen LogP contribution in [0.4, 0.5) is 13.2 Å². The molecule has 0 N–H and O–H groups in total. The van der Waals surface area contributed by atoms with Gasteiger partial charge >= 0.3 is 6.18 Å². The van der Waals surface area contributed by atoms with Crippen molar-refractivity contribution < 1.29 is 13.2 Å². The predicted molar refractivity (Wildman–Crippen MR) is 56.7 cm³/mol. The number of hydrogen-bond acceptors (Lipinski definition) is 2. The van der Waals surface area contributed by atoms with Crippen molar-refractivity contribution in [1.82, 2.24) is 14.4 Å². The summed E-state index contributed by atoms with van der Waals surface area (Å²) in [5.41, 5.74) is -0.424. The zero-order chi connectivity index (χ0) is 12.8. The summed E-state index contributed by atoms with van der Waals surface area (Å²) in [6, 6.07) is 1.70. The third-order valence-corrected chi connectivity index (χ3v) is 2.39. The molecule has 2 rings (SSSR count). The van der Waals surface area contributed by atoms with Gasteiger partial charge in [0.1, 0.15) is 0 Å². The number of nitrogens with zero attached hydrogens (tertiary/aromatic N) is 3. The summed E-state index contributed by atoms with van der Waals surface area (Å²) < 4.78 is 38.6. The van der Waals surface area contributed by atoms with E-state index in [2.05, 4.69) is 9.97 Å². The van der Waals surface area contributed by atoms with Gasteiger partial charge in [-0.15, -0.1) is 0 Å². The lowest BCUT2D eigenvalue weighted by atomic mass is 9.92. The van der Waals surface area contributed by atoms with Crippen LogP contribution >= 0.6 is 0 Å². The fourth-order valence-corrected chi connectivity index (χ4v) is 1.43. The van der Waals surface area contributed by atoms with Gasteiger partial charge in [-0.2, -0.15) is 13.2 Å². The van der Waals surface area contributed by atoms with Crippen molar-refractivity contribution in [2.24, 2.45) is 0 Å². The first-order valence-corrected chi connectivity index (χ1v) is 5.11. The van der Waals surface area contributed by atoms with E-state index in [0.29, 0.717) is 5.69 Å². The van der Waals surface area contributed by atoms with Gasteiger partial charge in [0.25, 0.3) is 0 Å². The van der Waals surface area contributed by atoms with Crippen molar-refractivity contribution in [3.8, 4) is 0 Å². The number of alkyl halides is 3. The molecular weight excluding hydrogens is 231 g/mol. The van der Waals surface area contributed by atoms with E-state index in [1.807, 2.05) is 20.8 Å². The average Bonchev–Trinajstić information content (AvgIpc) is 2.57. The van der Waals surface area contributed by atoms with Crippen LogP contribution in [-0.4, -0.2) is 14.4 Å². The molecule has 0 saturated heterocycles. The van der Waals surface area contributed by atoms with Crippen LogP contribution in [0.5, 0.6) is 0 Å². The van der Waals surface area contributed by atoms with Crippen LogP contribution in [0.1, 0.15) is 32.2 Å². The molecule has 2 aromatic rings. The average molecular weight is 243 g/mol. The van der Waals surface area contributed by atoms with Crippen LogP contribution in [0, 0.1) is 0 Å². The summed E-state index contributed by atoms with van der Waals surface area (Å²) in [4.78, 5) is 7.62. The van der Waals surface area contributed by atoms with Gasteiger partial charge in [0.2, 0.25) is 5.78 Å². The first-order chi connectivity index (χ1) is 7.68. The quantitative estimate of drug-likeness (QED) is 0.711. The van der Waals surface area contributed by atoms with Gasteiger partial charge in [-0.1, -0.05) is 20.8 Å². The van der Waals surface area contributed by atoms with E-state index < -0.39 is 11.9 Å². The van der Waals surface area contributed by atoms with E-state index in [1.165, 1.54) is 4.40 Å². The monoisotopic (exact) mass is 243 g/mol. The minimum Gasteiger partial charge on any atom is -0.291 e. The SMILES string of the molecule is CC(C)(C)c1ccn2cc(C(F)(F)F)nc2n1. The van der Waals surface area contributed by atoms with Crippen LogP contribution in [0.3, 0.4) is 0 Å². The second kappa shape index (κ2) is 3.45. The topological polar surface area (TPSA) is 30.2 Å². The molecule has 0 bridgehead atoms. The molecule has 6 heteroatoms. The van der Waals surface area contributed by atoms with Gasteiger partial charge in [-0.05, 0) is 6.07 Å². The molecule has 0 saturated carbocycles. The van der Waals surface area contributed by atoms with Crippen LogP contribution in [0.15, 0.2) is 18.5 Å². The molecule has 2 aromatic heterocycles. The highest BCUT2D eigenvalue weighted by Crippen LogP contribution is 2.28. The Morgan fingerprint density at radius 1 is 1.06 bits per heavy atom. The van der Waals surface area contributed by atoms with Gasteiger partial charge in [0.15, 0.2) is 5.69 Å². The zero-order valence-electron chi connectivity index (χ0n) is 9.71. The van der Waals surface area contributed by atoms with Crippen molar-refractivity contribution in [1.29, 1.82) is 0 Å². The van der Waals surface area contributed by atoms with Crippen molar-refractivity contribution in [3.63, 3.8) is 0 Å². The van der Waals surface area contributed by atoms with Crippen LogP contribution in [0.25, 0.3) is 5.78 Å². The van der Waals surface area contributed by atoms with Gasteiger partial charge in [0, 0.05) is 17.8 Å². The molecule has 0 unspecified atom stereocenters. The maximum atomic E-state index is 12.5. The van der Waals surface area contributed by atoms with E-state index in [-0.39, 0.29) is 11.2 Å². The van der Waals surface area contributed by atoms with Gasteiger partial charge in [-0.3, -0.25) is 4.40 Å². The minimum absolute atomic E-state index is 0.0738. The first kappa shape index (κ1) is 11.9. The third kappa shape index (κ3) is 2.25. The lowest BCUT2D eigenvalue weighted by Crippen LogP contribution is -2.14.